The van der Waals surface area contributed by atoms with E-state index in [-0.39, 0.29) is 11.4 Å². The normalized spacial score (nSPS) is 9.83. The monoisotopic (exact) mass is 231 g/mol. The number of rotatable bonds is 1. The van der Waals surface area contributed by atoms with Crippen molar-refractivity contribution >= 4 is 27.3 Å². The molecule has 0 atom stereocenters. The number of hydrogen-bond acceptors (Lipinski definition) is 4. The van der Waals surface area contributed by atoms with E-state index in [1.54, 1.807) is 6.92 Å². The Bertz CT molecular complexity index is 340. The van der Waals surface area contributed by atoms with Crippen LogP contribution in [-0.2, 0) is 0 Å². The van der Waals surface area contributed by atoms with Crippen molar-refractivity contribution in [3.63, 3.8) is 0 Å². The molecular formula is C6H6BrN3O2. The van der Waals surface area contributed by atoms with Gasteiger partial charge >= 0.3 is 5.69 Å². The van der Waals surface area contributed by atoms with Crippen LogP contribution in [0, 0.1) is 17.0 Å². The molecule has 0 aliphatic carbocycles. The first-order valence-corrected chi connectivity index (χ1v) is 3.88. The molecule has 12 heavy (non-hydrogen) atoms. The maximum Gasteiger partial charge on any atom is 0.311 e. The average molecular weight is 232 g/mol. The van der Waals surface area contributed by atoms with Gasteiger partial charge in [-0.1, -0.05) is 0 Å². The van der Waals surface area contributed by atoms with Gasteiger partial charge in [-0.05, 0) is 22.9 Å². The summed E-state index contributed by atoms with van der Waals surface area (Å²) in [6, 6.07) is 0. The van der Waals surface area contributed by atoms with Crippen molar-refractivity contribution < 1.29 is 4.92 Å². The molecule has 6 heteroatoms. The summed E-state index contributed by atoms with van der Waals surface area (Å²) < 4.78 is 0.483. The summed E-state index contributed by atoms with van der Waals surface area (Å²) in [6.07, 6.45) is 1.15. The van der Waals surface area contributed by atoms with Crippen LogP contribution in [0.1, 0.15) is 5.69 Å². The van der Waals surface area contributed by atoms with Crippen LogP contribution in [0.5, 0.6) is 0 Å². The van der Waals surface area contributed by atoms with Crippen LogP contribution in [0.3, 0.4) is 0 Å². The van der Waals surface area contributed by atoms with E-state index in [1.807, 2.05) is 0 Å². The van der Waals surface area contributed by atoms with Gasteiger partial charge in [-0.25, -0.2) is 0 Å². The largest absolute Gasteiger partial charge is 0.392 e. The van der Waals surface area contributed by atoms with Gasteiger partial charge in [-0.2, -0.15) is 0 Å². The number of aryl methyl sites for hydroxylation is 1. The highest BCUT2D eigenvalue weighted by atomic mass is 79.9. The van der Waals surface area contributed by atoms with Gasteiger partial charge < -0.3 is 5.73 Å². The minimum absolute atomic E-state index is 0.118. The molecule has 1 aromatic heterocycles. The van der Waals surface area contributed by atoms with Crippen molar-refractivity contribution in [3.8, 4) is 0 Å². The lowest BCUT2D eigenvalue weighted by Gasteiger charge is -2.00. The lowest BCUT2D eigenvalue weighted by molar-refractivity contribution is -0.384. The zero-order valence-electron chi connectivity index (χ0n) is 6.24. The van der Waals surface area contributed by atoms with Crippen LogP contribution < -0.4 is 5.73 Å². The van der Waals surface area contributed by atoms with E-state index >= 15 is 0 Å². The molecule has 0 aliphatic heterocycles. The first kappa shape index (κ1) is 8.92. The Labute approximate surface area is 76.9 Å². The third-order valence-electron chi connectivity index (χ3n) is 1.41. The minimum atomic E-state index is -0.563. The molecule has 0 amide bonds. The van der Waals surface area contributed by atoms with E-state index in [0.29, 0.717) is 10.2 Å². The Morgan fingerprint density at radius 3 is 2.83 bits per heavy atom. The fourth-order valence-electron chi connectivity index (χ4n) is 0.737. The van der Waals surface area contributed by atoms with E-state index < -0.39 is 4.92 Å². The molecule has 1 aromatic rings. The molecule has 5 nitrogen and oxygen atoms in total. The maximum atomic E-state index is 10.4. The number of nitrogens with two attached hydrogens (primary N) is 1. The molecule has 1 heterocycles. The zero-order valence-corrected chi connectivity index (χ0v) is 7.83. The number of nitro groups is 1. The van der Waals surface area contributed by atoms with Crippen LogP contribution in [0.4, 0.5) is 11.4 Å². The Balaban J connectivity index is 3.36. The van der Waals surface area contributed by atoms with Crippen LogP contribution in [0.15, 0.2) is 10.7 Å². The molecule has 0 unspecified atom stereocenters. The predicted octanol–water partition coefficient (Wildman–Crippen LogP) is 1.64. The molecule has 0 saturated carbocycles. The van der Waals surface area contributed by atoms with Crippen LogP contribution >= 0.6 is 15.9 Å². The summed E-state index contributed by atoms with van der Waals surface area (Å²) in [7, 11) is 0. The Morgan fingerprint density at radius 1 is 1.75 bits per heavy atom. The number of pyridine rings is 1. The number of hydrogen-bond donors (Lipinski definition) is 1. The third-order valence-corrected chi connectivity index (χ3v) is 2.41. The van der Waals surface area contributed by atoms with E-state index in [9.17, 15) is 10.1 Å². The molecule has 0 radical (unpaired) electrons. The second-order valence-electron chi connectivity index (χ2n) is 2.21. The van der Waals surface area contributed by atoms with Crippen LogP contribution in [-0.4, -0.2) is 9.91 Å². The zero-order chi connectivity index (χ0) is 9.30. The summed E-state index contributed by atoms with van der Waals surface area (Å²) >= 11 is 3.11. The van der Waals surface area contributed by atoms with Gasteiger partial charge in [0.25, 0.3) is 0 Å². The molecule has 2 N–H and O–H groups in total. The van der Waals surface area contributed by atoms with Gasteiger partial charge in [0.15, 0.2) is 0 Å². The van der Waals surface area contributed by atoms with E-state index in [2.05, 4.69) is 20.9 Å². The third kappa shape index (κ3) is 1.38. The summed E-state index contributed by atoms with van der Waals surface area (Å²) in [5, 5.41) is 10.4. The summed E-state index contributed by atoms with van der Waals surface area (Å²) in [5.74, 6) is 0. The maximum absolute atomic E-state index is 10.4. The minimum Gasteiger partial charge on any atom is -0.392 e. The summed E-state index contributed by atoms with van der Waals surface area (Å²) in [6.45, 7) is 1.71. The highest BCUT2D eigenvalue weighted by molar-refractivity contribution is 9.10. The molecule has 0 bridgehead atoms. The van der Waals surface area contributed by atoms with Crippen molar-refractivity contribution in [3.05, 3.63) is 26.5 Å². The molecule has 0 aromatic carbocycles. The highest BCUT2D eigenvalue weighted by Gasteiger charge is 2.15. The van der Waals surface area contributed by atoms with Gasteiger partial charge in [0.1, 0.15) is 11.9 Å². The predicted molar refractivity (Wildman–Crippen MR) is 47.7 cm³/mol. The van der Waals surface area contributed by atoms with E-state index in [0.717, 1.165) is 6.20 Å². The van der Waals surface area contributed by atoms with Gasteiger partial charge in [0, 0.05) is 0 Å². The summed E-state index contributed by atoms with van der Waals surface area (Å²) in [5.41, 5.74) is 6.04. The van der Waals surface area contributed by atoms with Gasteiger partial charge in [0.2, 0.25) is 0 Å². The second kappa shape index (κ2) is 3.06. The molecule has 1 rings (SSSR count). The Kier molecular flexibility index (Phi) is 2.27. The lowest BCUT2D eigenvalue weighted by atomic mass is 10.3. The van der Waals surface area contributed by atoms with Crippen molar-refractivity contribution in [1.29, 1.82) is 0 Å². The van der Waals surface area contributed by atoms with Crippen molar-refractivity contribution in [2.45, 2.75) is 6.92 Å². The number of aromatic nitrogens is 1. The molecule has 0 spiro atoms. The number of halogens is 1. The number of anilines is 1. The molecule has 0 aliphatic rings. The second-order valence-corrected chi connectivity index (χ2v) is 3.01. The van der Waals surface area contributed by atoms with E-state index in [1.165, 1.54) is 0 Å². The van der Waals surface area contributed by atoms with Crippen molar-refractivity contribution in [2.24, 2.45) is 0 Å². The Hall–Kier alpha value is -1.17. The van der Waals surface area contributed by atoms with Crippen LogP contribution in [0.2, 0.25) is 0 Å². The fraction of sp³-hybridized carbons (Fsp3) is 0.167. The molecule has 0 saturated heterocycles. The van der Waals surface area contributed by atoms with Crippen molar-refractivity contribution in [2.75, 3.05) is 5.73 Å². The first-order valence-electron chi connectivity index (χ1n) is 3.09. The Morgan fingerprint density at radius 2 is 2.33 bits per heavy atom. The highest BCUT2D eigenvalue weighted by Crippen LogP contribution is 2.29. The summed E-state index contributed by atoms with van der Waals surface area (Å²) in [4.78, 5) is 13.6. The fourth-order valence-corrected chi connectivity index (χ4v) is 1.04. The quantitative estimate of drug-likeness (QED) is 0.589. The molecular weight excluding hydrogens is 226 g/mol. The number of nitrogens with zero attached hydrogens (tertiary/aromatic N) is 2. The SMILES string of the molecule is Cc1ncc([N+](=O)[O-])c(N)c1Br. The molecule has 64 valence electrons. The standard InChI is InChI=1S/C6H6BrN3O2/c1-3-5(7)6(8)4(2-9-3)10(11)12/h2H,1H3,(H2,8,9). The van der Waals surface area contributed by atoms with Gasteiger partial charge in [0.05, 0.1) is 15.1 Å². The number of nitrogen functional groups attached to an aromatic ring is 1. The lowest BCUT2D eigenvalue weighted by Crippen LogP contribution is -1.99. The van der Waals surface area contributed by atoms with E-state index in [4.69, 9.17) is 5.73 Å². The van der Waals surface area contributed by atoms with Crippen molar-refractivity contribution in [1.82, 2.24) is 4.98 Å². The first-order chi connectivity index (χ1) is 5.54. The smallest absolute Gasteiger partial charge is 0.311 e. The topological polar surface area (TPSA) is 82.0 Å². The van der Waals surface area contributed by atoms with Gasteiger partial charge in [-0.3, -0.25) is 15.1 Å². The average Bonchev–Trinajstić information content (AvgIpc) is 2.00. The van der Waals surface area contributed by atoms with Gasteiger partial charge in [-0.15, -0.1) is 0 Å². The van der Waals surface area contributed by atoms with Crippen LogP contribution in [0.25, 0.3) is 0 Å². The molecule has 0 fully saturated rings.